The highest BCUT2D eigenvalue weighted by Gasteiger charge is 2.29. The van der Waals surface area contributed by atoms with Gasteiger partial charge in [0, 0.05) is 40.9 Å². The molecule has 1 aromatic heterocycles. The highest BCUT2D eigenvalue weighted by Crippen LogP contribution is 2.45. The number of anilines is 1. The van der Waals surface area contributed by atoms with Gasteiger partial charge in [0.25, 0.3) is 5.91 Å². The molecule has 0 radical (unpaired) electrons. The lowest BCUT2D eigenvalue weighted by atomic mass is 9.97. The number of piperidine rings is 1. The summed E-state index contributed by atoms with van der Waals surface area (Å²) in [4.78, 5) is 14.4. The molecule has 3 rings (SSSR count). The van der Waals surface area contributed by atoms with Crippen LogP contribution in [0.25, 0.3) is 11.1 Å². The quantitative estimate of drug-likeness (QED) is 0.800. The number of rotatable bonds is 4. The smallest absolute Gasteiger partial charge is 0.259 e. The van der Waals surface area contributed by atoms with Gasteiger partial charge in [0.1, 0.15) is 15.9 Å². The van der Waals surface area contributed by atoms with Crippen LogP contribution in [0, 0.1) is 17.2 Å². The van der Waals surface area contributed by atoms with Gasteiger partial charge in [0.2, 0.25) is 0 Å². The average Bonchev–Trinajstić information content (AvgIpc) is 3.01. The van der Waals surface area contributed by atoms with Crippen LogP contribution in [0.15, 0.2) is 18.2 Å². The normalized spacial score (nSPS) is 17.2. The molecule has 26 heavy (non-hydrogen) atoms. The fraction of sp³-hybridized carbons (Fsp3) is 0.333. The van der Waals surface area contributed by atoms with Crippen molar-refractivity contribution in [1.82, 2.24) is 0 Å². The topological polar surface area (TPSA) is 90.3 Å². The van der Waals surface area contributed by atoms with E-state index in [0.717, 1.165) is 19.4 Å². The fourth-order valence-electron chi connectivity index (χ4n) is 3.27. The largest absolute Gasteiger partial charge is 0.396 e. The summed E-state index contributed by atoms with van der Waals surface area (Å²) in [5, 5.41) is 20.8. The number of nitrogens with zero attached hydrogens (tertiary/aromatic N) is 2. The van der Waals surface area contributed by atoms with Gasteiger partial charge >= 0.3 is 0 Å². The minimum atomic E-state index is -0.602. The summed E-state index contributed by atoms with van der Waals surface area (Å²) in [6.07, 6.45) is 1.86. The number of primary amides is 1. The van der Waals surface area contributed by atoms with Crippen molar-refractivity contribution < 1.29 is 9.90 Å². The van der Waals surface area contributed by atoms with E-state index < -0.39 is 5.91 Å². The lowest BCUT2D eigenvalue weighted by molar-refractivity contribution is 0.100. The summed E-state index contributed by atoms with van der Waals surface area (Å²) in [6, 6.07) is 7.14. The Morgan fingerprint density at radius 1 is 1.46 bits per heavy atom. The Labute approximate surface area is 165 Å². The molecule has 0 saturated carbocycles. The summed E-state index contributed by atoms with van der Waals surface area (Å²) in [5.41, 5.74) is 6.97. The molecule has 1 unspecified atom stereocenters. The molecule has 1 aliphatic rings. The molecule has 0 aliphatic carbocycles. The summed E-state index contributed by atoms with van der Waals surface area (Å²) in [7, 11) is 0. The van der Waals surface area contributed by atoms with Gasteiger partial charge in [-0.25, -0.2) is 0 Å². The van der Waals surface area contributed by atoms with E-state index >= 15 is 0 Å². The van der Waals surface area contributed by atoms with Crippen LogP contribution < -0.4 is 10.6 Å². The lowest BCUT2D eigenvalue weighted by Crippen LogP contribution is -2.36. The third-order valence-corrected chi connectivity index (χ3v) is 6.30. The molecule has 1 amide bonds. The van der Waals surface area contributed by atoms with E-state index in [0.29, 0.717) is 43.2 Å². The molecule has 1 fully saturated rings. The summed E-state index contributed by atoms with van der Waals surface area (Å²) >= 11 is 13.5. The number of carbonyl (C=O) groups is 1. The highest BCUT2D eigenvalue weighted by molar-refractivity contribution is 7.18. The average molecular weight is 410 g/mol. The molecule has 2 heterocycles. The Morgan fingerprint density at radius 2 is 2.23 bits per heavy atom. The molecule has 1 atom stereocenters. The van der Waals surface area contributed by atoms with Gasteiger partial charge in [-0.2, -0.15) is 5.26 Å². The van der Waals surface area contributed by atoms with E-state index in [-0.39, 0.29) is 12.5 Å². The Bertz CT molecular complexity index is 891. The van der Waals surface area contributed by atoms with Gasteiger partial charge < -0.3 is 15.7 Å². The summed E-state index contributed by atoms with van der Waals surface area (Å²) in [6.45, 7) is 1.50. The molecular formula is C18H17Cl2N3O2S. The van der Waals surface area contributed by atoms with Crippen molar-refractivity contribution in [2.75, 3.05) is 24.6 Å². The first-order valence-electron chi connectivity index (χ1n) is 8.14. The SMILES string of the molecule is N#Cc1c(N2CCCC(CO)C2)sc(C(N)=O)c1-c1ccc(Cl)cc1Cl. The maximum Gasteiger partial charge on any atom is 0.259 e. The number of aliphatic hydroxyl groups is 1. The zero-order chi connectivity index (χ0) is 18.8. The zero-order valence-electron chi connectivity index (χ0n) is 13.8. The molecule has 1 aromatic carbocycles. The van der Waals surface area contributed by atoms with Crippen molar-refractivity contribution in [3.8, 4) is 17.2 Å². The first kappa shape index (κ1) is 19.0. The second kappa shape index (κ2) is 7.85. The van der Waals surface area contributed by atoms with Crippen LogP contribution in [0.5, 0.6) is 0 Å². The summed E-state index contributed by atoms with van der Waals surface area (Å²) < 4.78 is 0. The maximum absolute atomic E-state index is 12.1. The maximum atomic E-state index is 12.1. The number of thiophene rings is 1. The van der Waals surface area contributed by atoms with Crippen molar-refractivity contribution in [2.24, 2.45) is 11.7 Å². The number of benzene rings is 1. The van der Waals surface area contributed by atoms with Crippen LogP contribution >= 0.6 is 34.5 Å². The number of amides is 1. The molecular weight excluding hydrogens is 393 g/mol. The van der Waals surface area contributed by atoms with E-state index in [1.54, 1.807) is 18.2 Å². The van der Waals surface area contributed by atoms with Crippen molar-refractivity contribution in [3.05, 3.63) is 38.7 Å². The Morgan fingerprint density at radius 3 is 2.85 bits per heavy atom. The Hall–Kier alpha value is -1.78. The third-order valence-electron chi connectivity index (χ3n) is 4.49. The molecule has 8 heteroatoms. The minimum absolute atomic E-state index is 0.0995. The monoisotopic (exact) mass is 409 g/mol. The molecule has 0 spiro atoms. The second-order valence-corrected chi connectivity index (χ2v) is 8.07. The van der Waals surface area contributed by atoms with E-state index in [4.69, 9.17) is 28.9 Å². The number of halogens is 2. The van der Waals surface area contributed by atoms with Crippen LogP contribution in [0.2, 0.25) is 10.0 Å². The van der Waals surface area contributed by atoms with Crippen LogP contribution in [0.3, 0.4) is 0 Å². The van der Waals surface area contributed by atoms with E-state index in [9.17, 15) is 15.2 Å². The van der Waals surface area contributed by atoms with Gasteiger partial charge in [0.15, 0.2) is 0 Å². The van der Waals surface area contributed by atoms with Crippen molar-refractivity contribution in [2.45, 2.75) is 12.8 Å². The van der Waals surface area contributed by atoms with Crippen LogP contribution in [-0.4, -0.2) is 30.7 Å². The predicted octanol–water partition coefficient (Wildman–Crippen LogP) is 3.90. The molecule has 136 valence electrons. The van der Waals surface area contributed by atoms with E-state index in [1.807, 2.05) is 4.90 Å². The van der Waals surface area contributed by atoms with Crippen molar-refractivity contribution >= 4 is 45.4 Å². The van der Waals surface area contributed by atoms with Crippen LogP contribution in [-0.2, 0) is 0 Å². The Kier molecular flexibility index (Phi) is 5.73. The number of hydrogen-bond donors (Lipinski definition) is 2. The predicted molar refractivity (Wildman–Crippen MR) is 105 cm³/mol. The third kappa shape index (κ3) is 3.53. The summed E-state index contributed by atoms with van der Waals surface area (Å²) in [5.74, 6) is -0.452. The number of hydrogen-bond acceptors (Lipinski definition) is 5. The molecule has 1 aliphatic heterocycles. The van der Waals surface area contributed by atoms with Crippen molar-refractivity contribution in [3.63, 3.8) is 0 Å². The first-order valence-corrected chi connectivity index (χ1v) is 9.71. The van der Waals surface area contributed by atoms with E-state index in [1.165, 1.54) is 11.3 Å². The number of nitrogens with two attached hydrogens (primary N) is 1. The Balaban J connectivity index is 2.17. The lowest BCUT2D eigenvalue weighted by Gasteiger charge is -2.32. The number of carbonyl (C=O) groups excluding carboxylic acids is 1. The van der Waals surface area contributed by atoms with Gasteiger partial charge in [-0.1, -0.05) is 29.3 Å². The van der Waals surface area contributed by atoms with Gasteiger partial charge in [0.05, 0.1) is 5.56 Å². The van der Waals surface area contributed by atoms with Gasteiger partial charge in [-0.05, 0) is 30.9 Å². The molecule has 0 bridgehead atoms. The van der Waals surface area contributed by atoms with Gasteiger partial charge in [-0.3, -0.25) is 4.79 Å². The molecule has 3 N–H and O–H groups in total. The van der Waals surface area contributed by atoms with Crippen molar-refractivity contribution in [1.29, 1.82) is 5.26 Å². The first-order chi connectivity index (χ1) is 12.5. The fourth-order valence-corrected chi connectivity index (χ4v) is 4.92. The second-order valence-electron chi connectivity index (χ2n) is 6.22. The highest BCUT2D eigenvalue weighted by atomic mass is 35.5. The zero-order valence-corrected chi connectivity index (χ0v) is 16.2. The number of nitriles is 1. The van der Waals surface area contributed by atoms with Gasteiger partial charge in [-0.15, -0.1) is 11.3 Å². The number of aliphatic hydroxyl groups excluding tert-OH is 1. The molecule has 5 nitrogen and oxygen atoms in total. The van der Waals surface area contributed by atoms with Crippen LogP contribution in [0.4, 0.5) is 5.00 Å². The molecule has 2 aromatic rings. The molecule has 1 saturated heterocycles. The van der Waals surface area contributed by atoms with E-state index in [2.05, 4.69) is 6.07 Å². The standard InChI is InChI=1S/C18H17Cl2N3O2S/c19-11-3-4-12(14(20)6-11)15-13(7-21)18(26-16(15)17(22)25)23-5-1-2-10(8-23)9-24/h3-4,6,10,24H,1-2,5,8-9H2,(H2,22,25). The minimum Gasteiger partial charge on any atom is -0.396 e. The van der Waals surface area contributed by atoms with Crippen LogP contribution in [0.1, 0.15) is 28.1 Å².